The normalized spacial score (nSPS) is 10.1. The van der Waals surface area contributed by atoms with Gasteiger partial charge in [-0.2, -0.15) is 11.3 Å². The lowest BCUT2D eigenvalue weighted by Crippen LogP contribution is -2.12. The number of thiophene rings is 1. The predicted octanol–water partition coefficient (Wildman–Crippen LogP) is 3.71. The van der Waals surface area contributed by atoms with Crippen molar-refractivity contribution in [2.75, 3.05) is 11.9 Å². The first-order valence-corrected chi connectivity index (χ1v) is 6.72. The van der Waals surface area contributed by atoms with Crippen molar-refractivity contribution in [2.45, 2.75) is 13.8 Å². The number of amides is 1. The number of nitrogens with one attached hydrogen (secondary N) is 1. The van der Waals surface area contributed by atoms with Gasteiger partial charge in [0.1, 0.15) is 5.75 Å². The van der Waals surface area contributed by atoms with E-state index in [-0.39, 0.29) is 5.91 Å². The van der Waals surface area contributed by atoms with Gasteiger partial charge >= 0.3 is 0 Å². The molecule has 1 heterocycles. The molecule has 2 rings (SSSR count). The number of anilines is 1. The van der Waals surface area contributed by atoms with E-state index < -0.39 is 0 Å². The van der Waals surface area contributed by atoms with Crippen LogP contribution >= 0.6 is 11.3 Å². The Hall–Kier alpha value is -1.81. The Morgan fingerprint density at radius 2 is 2.22 bits per heavy atom. The van der Waals surface area contributed by atoms with Crippen LogP contribution in [0, 0.1) is 6.92 Å². The Morgan fingerprint density at radius 1 is 1.39 bits per heavy atom. The first kappa shape index (κ1) is 12.6. The van der Waals surface area contributed by atoms with Gasteiger partial charge in [0.2, 0.25) is 0 Å². The summed E-state index contributed by atoms with van der Waals surface area (Å²) in [5.41, 5.74) is 2.48. The molecule has 0 unspecified atom stereocenters. The van der Waals surface area contributed by atoms with Crippen LogP contribution in [-0.4, -0.2) is 12.5 Å². The zero-order valence-corrected chi connectivity index (χ0v) is 11.2. The molecule has 1 N–H and O–H groups in total. The summed E-state index contributed by atoms with van der Waals surface area (Å²) in [6, 6.07) is 7.54. The molecule has 0 bridgehead atoms. The number of aryl methyl sites for hydroxylation is 1. The monoisotopic (exact) mass is 261 g/mol. The molecular formula is C14H15NO2S. The van der Waals surface area contributed by atoms with E-state index in [2.05, 4.69) is 5.32 Å². The molecule has 0 aliphatic heterocycles. The molecule has 0 saturated heterocycles. The van der Waals surface area contributed by atoms with Gasteiger partial charge in [-0.25, -0.2) is 0 Å². The highest BCUT2D eigenvalue weighted by molar-refractivity contribution is 7.08. The summed E-state index contributed by atoms with van der Waals surface area (Å²) in [4.78, 5) is 12.0. The largest absolute Gasteiger partial charge is 0.492 e. The second-order valence-electron chi connectivity index (χ2n) is 3.90. The number of hydrogen-bond donors (Lipinski definition) is 1. The van der Waals surface area contributed by atoms with Crippen LogP contribution in [0.5, 0.6) is 5.75 Å². The lowest BCUT2D eigenvalue weighted by Gasteiger charge is -2.11. The van der Waals surface area contributed by atoms with Crippen molar-refractivity contribution < 1.29 is 9.53 Å². The third kappa shape index (κ3) is 2.90. The van der Waals surface area contributed by atoms with Crippen molar-refractivity contribution in [3.05, 3.63) is 46.2 Å². The topological polar surface area (TPSA) is 38.3 Å². The van der Waals surface area contributed by atoms with Crippen molar-refractivity contribution in [2.24, 2.45) is 0 Å². The molecule has 0 saturated carbocycles. The summed E-state index contributed by atoms with van der Waals surface area (Å²) in [6.07, 6.45) is 0. The van der Waals surface area contributed by atoms with Crippen molar-refractivity contribution in [1.29, 1.82) is 0 Å². The molecule has 0 spiro atoms. The molecule has 18 heavy (non-hydrogen) atoms. The van der Waals surface area contributed by atoms with Crippen LogP contribution in [-0.2, 0) is 0 Å². The van der Waals surface area contributed by atoms with Gasteiger partial charge in [0, 0.05) is 5.38 Å². The smallest absolute Gasteiger partial charge is 0.256 e. The molecular weight excluding hydrogens is 246 g/mol. The molecule has 1 aromatic heterocycles. The van der Waals surface area contributed by atoms with E-state index >= 15 is 0 Å². The van der Waals surface area contributed by atoms with Crippen molar-refractivity contribution in [3.63, 3.8) is 0 Å². The van der Waals surface area contributed by atoms with Gasteiger partial charge in [-0.3, -0.25) is 4.79 Å². The van der Waals surface area contributed by atoms with Gasteiger partial charge in [-0.15, -0.1) is 0 Å². The van der Waals surface area contributed by atoms with E-state index in [4.69, 9.17) is 4.74 Å². The maximum atomic E-state index is 12.0. The van der Waals surface area contributed by atoms with Crippen molar-refractivity contribution in [1.82, 2.24) is 0 Å². The summed E-state index contributed by atoms with van der Waals surface area (Å²) in [7, 11) is 0. The number of carbonyl (C=O) groups excluding carboxylic acids is 1. The molecule has 4 heteroatoms. The van der Waals surface area contributed by atoms with Gasteiger partial charge in [0.25, 0.3) is 5.91 Å². The average molecular weight is 261 g/mol. The minimum absolute atomic E-state index is 0.110. The highest BCUT2D eigenvalue weighted by Gasteiger charge is 2.10. The van der Waals surface area contributed by atoms with Gasteiger partial charge in [-0.1, -0.05) is 6.07 Å². The Bertz CT molecular complexity index is 535. The number of carbonyl (C=O) groups is 1. The predicted molar refractivity (Wildman–Crippen MR) is 74.6 cm³/mol. The standard InChI is InChI=1S/C14H15NO2S/c1-3-17-13-8-10(2)4-5-12(13)15-14(16)11-6-7-18-9-11/h4-9H,3H2,1-2H3,(H,15,16). The third-order valence-electron chi connectivity index (χ3n) is 2.47. The van der Waals surface area contributed by atoms with E-state index in [1.807, 2.05) is 42.8 Å². The number of hydrogen-bond acceptors (Lipinski definition) is 3. The number of ether oxygens (including phenoxy) is 1. The fourth-order valence-corrected chi connectivity index (χ4v) is 2.23. The zero-order chi connectivity index (χ0) is 13.0. The number of rotatable bonds is 4. The van der Waals surface area contributed by atoms with Gasteiger partial charge < -0.3 is 10.1 Å². The lowest BCUT2D eigenvalue weighted by molar-refractivity contribution is 0.102. The van der Waals surface area contributed by atoms with E-state index in [1.165, 1.54) is 11.3 Å². The maximum absolute atomic E-state index is 12.0. The molecule has 3 nitrogen and oxygen atoms in total. The summed E-state index contributed by atoms with van der Waals surface area (Å²) < 4.78 is 5.52. The quantitative estimate of drug-likeness (QED) is 0.911. The first-order chi connectivity index (χ1) is 8.70. The second kappa shape index (κ2) is 5.69. The van der Waals surface area contributed by atoms with Crippen molar-refractivity contribution >= 4 is 22.9 Å². The van der Waals surface area contributed by atoms with E-state index in [1.54, 1.807) is 6.07 Å². The van der Waals surface area contributed by atoms with E-state index in [0.29, 0.717) is 23.6 Å². The van der Waals surface area contributed by atoms with Crippen LogP contribution in [0.1, 0.15) is 22.8 Å². The SMILES string of the molecule is CCOc1cc(C)ccc1NC(=O)c1ccsc1. The highest BCUT2D eigenvalue weighted by Crippen LogP contribution is 2.26. The van der Waals surface area contributed by atoms with E-state index in [9.17, 15) is 4.79 Å². The summed E-state index contributed by atoms with van der Waals surface area (Å²) in [5, 5.41) is 6.57. The van der Waals surface area contributed by atoms with Crippen molar-refractivity contribution in [3.8, 4) is 5.75 Å². The molecule has 94 valence electrons. The average Bonchev–Trinajstić information content (AvgIpc) is 2.86. The molecule has 2 aromatic rings. The lowest BCUT2D eigenvalue weighted by atomic mass is 10.2. The fraction of sp³-hybridized carbons (Fsp3) is 0.214. The zero-order valence-electron chi connectivity index (χ0n) is 10.4. The van der Waals surface area contributed by atoms with Gasteiger partial charge in [0.15, 0.2) is 0 Å². The minimum Gasteiger partial charge on any atom is -0.492 e. The molecule has 1 aromatic carbocycles. The Labute approximate surface area is 110 Å². The first-order valence-electron chi connectivity index (χ1n) is 5.77. The van der Waals surface area contributed by atoms with E-state index in [0.717, 1.165) is 5.56 Å². The molecule has 0 radical (unpaired) electrons. The van der Waals surface area contributed by atoms with Gasteiger partial charge in [-0.05, 0) is 43.0 Å². The minimum atomic E-state index is -0.110. The molecule has 0 atom stereocenters. The Kier molecular flexibility index (Phi) is 3.99. The van der Waals surface area contributed by atoms with Crippen LogP contribution < -0.4 is 10.1 Å². The Morgan fingerprint density at radius 3 is 2.89 bits per heavy atom. The maximum Gasteiger partial charge on any atom is 0.256 e. The van der Waals surface area contributed by atoms with Gasteiger partial charge in [0.05, 0.1) is 17.9 Å². The molecule has 0 fully saturated rings. The summed E-state index contributed by atoms with van der Waals surface area (Å²) >= 11 is 1.50. The molecule has 0 aliphatic carbocycles. The third-order valence-corrected chi connectivity index (χ3v) is 3.15. The Balaban J connectivity index is 2.20. The number of benzene rings is 1. The van der Waals surface area contributed by atoms with Crippen LogP contribution in [0.2, 0.25) is 0 Å². The molecule has 1 amide bonds. The molecule has 0 aliphatic rings. The summed E-state index contributed by atoms with van der Waals surface area (Å²) in [6.45, 7) is 4.49. The second-order valence-corrected chi connectivity index (χ2v) is 4.68. The summed E-state index contributed by atoms with van der Waals surface area (Å²) in [5.74, 6) is 0.599. The fourth-order valence-electron chi connectivity index (χ4n) is 1.60. The van der Waals surface area contributed by atoms with Crippen LogP contribution in [0.3, 0.4) is 0 Å². The van der Waals surface area contributed by atoms with Crippen LogP contribution in [0.25, 0.3) is 0 Å². The highest BCUT2D eigenvalue weighted by atomic mass is 32.1. The van der Waals surface area contributed by atoms with Crippen LogP contribution in [0.15, 0.2) is 35.0 Å². The van der Waals surface area contributed by atoms with Crippen LogP contribution in [0.4, 0.5) is 5.69 Å².